The zero-order chi connectivity index (χ0) is 33.1. The van der Waals surface area contributed by atoms with Gasteiger partial charge in [0, 0.05) is 19.5 Å². The number of unbranched alkanes of at least 4 members (excludes halogenated alkanes) is 1. The van der Waals surface area contributed by atoms with E-state index in [-0.39, 0.29) is 34.5 Å². The number of nitrogens with one attached hydrogen (secondary N) is 1. The summed E-state index contributed by atoms with van der Waals surface area (Å²) in [5.41, 5.74) is 2.92. The molecule has 4 aromatic carbocycles. The third-order valence-corrected chi connectivity index (χ3v) is 9.69. The number of sulfonamides is 1. The van der Waals surface area contributed by atoms with E-state index in [9.17, 15) is 18.0 Å². The SMILES string of the molecule is CCCCNC(=O)[C@H](Cc1ccccc1)N(Cc1ccc(C)cc1)C(=O)CN(c1ccc(OC)c(Cl)c1)S(=O)(=O)c1ccccc1. The number of hydrogen-bond donors (Lipinski definition) is 1. The van der Waals surface area contributed by atoms with Gasteiger partial charge < -0.3 is 15.0 Å². The minimum Gasteiger partial charge on any atom is -0.495 e. The Morgan fingerprint density at radius 2 is 1.54 bits per heavy atom. The highest BCUT2D eigenvalue weighted by atomic mass is 35.5. The number of carbonyl (C=O) groups is 2. The maximum atomic E-state index is 14.5. The quantitative estimate of drug-likeness (QED) is 0.149. The molecule has 1 atom stereocenters. The van der Waals surface area contributed by atoms with Gasteiger partial charge in [0.15, 0.2) is 0 Å². The summed E-state index contributed by atoms with van der Waals surface area (Å²) in [5, 5.41) is 3.19. The van der Waals surface area contributed by atoms with Gasteiger partial charge >= 0.3 is 0 Å². The summed E-state index contributed by atoms with van der Waals surface area (Å²) in [5.74, 6) is -0.484. The lowest BCUT2D eigenvalue weighted by atomic mass is 10.0. The van der Waals surface area contributed by atoms with Crippen molar-refractivity contribution in [1.82, 2.24) is 10.2 Å². The van der Waals surface area contributed by atoms with Crippen LogP contribution in [0.15, 0.2) is 108 Å². The van der Waals surface area contributed by atoms with Gasteiger partial charge in [-0.2, -0.15) is 0 Å². The third-order valence-electron chi connectivity index (χ3n) is 7.61. The maximum Gasteiger partial charge on any atom is 0.264 e. The minimum absolute atomic E-state index is 0.0120. The molecule has 0 bridgehead atoms. The Bertz CT molecular complexity index is 1700. The van der Waals surface area contributed by atoms with Crippen LogP contribution in [0.25, 0.3) is 0 Å². The van der Waals surface area contributed by atoms with Crippen LogP contribution in [-0.2, 0) is 32.6 Å². The second kappa shape index (κ2) is 16.3. The molecule has 0 aliphatic carbocycles. The first-order chi connectivity index (χ1) is 22.1. The number of carbonyl (C=O) groups excluding carboxylic acids is 2. The molecule has 0 heterocycles. The van der Waals surface area contributed by atoms with Gasteiger partial charge in [-0.25, -0.2) is 8.42 Å². The molecule has 4 rings (SSSR count). The van der Waals surface area contributed by atoms with Crippen molar-refractivity contribution < 1.29 is 22.7 Å². The van der Waals surface area contributed by atoms with Crippen LogP contribution in [0.3, 0.4) is 0 Å². The molecule has 1 N–H and O–H groups in total. The van der Waals surface area contributed by atoms with E-state index in [1.54, 1.807) is 30.3 Å². The molecule has 0 fully saturated rings. The normalized spacial score (nSPS) is 11.8. The Morgan fingerprint density at radius 1 is 0.891 bits per heavy atom. The fraction of sp³-hybridized carbons (Fsp3) is 0.278. The molecule has 2 amide bonds. The predicted octanol–water partition coefficient (Wildman–Crippen LogP) is 6.41. The van der Waals surface area contributed by atoms with Crippen molar-refractivity contribution in [2.75, 3.05) is 24.5 Å². The number of ether oxygens (including phenoxy) is 1. The number of amides is 2. The van der Waals surface area contributed by atoms with Crippen LogP contribution in [0.4, 0.5) is 5.69 Å². The highest BCUT2D eigenvalue weighted by molar-refractivity contribution is 7.92. The number of rotatable bonds is 15. The Hall–Kier alpha value is -4.34. The average molecular weight is 662 g/mol. The Kier molecular flexibility index (Phi) is 12.2. The molecule has 10 heteroatoms. The van der Waals surface area contributed by atoms with Gasteiger partial charge in [-0.05, 0) is 54.8 Å². The van der Waals surface area contributed by atoms with Gasteiger partial charge in [-0.1, -0.05) is 103 Å². The Morgan fingerprint density at radius 3 is 2.15 bits per heavy atom. The molecule has 0 spiro atoms. The van der Waals surface area contributed by atoms with Crippen LogP contribution in [0, 0.1) is 6.92 Å². The third kappa shape index (κ3) is 8.89. The first-order valence-corrected chi connectivity index (χ1v) is 17.0. The number of halogens is 1. The Labute approximate surface area is 277 Å². The summed E-state index contributed by atoms with van der Waals surface area (Å²) in [4.78, 5) is 29.9. The van der Waals surface area contributed by atoms with Crippen molar-refractivity contribution in [2.45, 2.75) is 50.6 Å². The largest absolute Gasteiger partial charge is 0.495 e. The van der Waals surface area contributed by atoms with Crippen LogP contribution in [0.5, 0.6) is 5.75 Å². The molecule has 242 valence electrons. The summed E-state index contributed by atoms with van der Waals surface area (Å²) in [6, 6.07) is 28.7. The molecular formula is C36H40ClN3O5S. The fourth-order valence-corrected chi connectivity index (χ4v) is 6.69. The summed E-state index contributed by atoms with van der Waals surface area (Å²) in [6.45, 7) is 4.00. The first kappa shape index (κ1) is 34.5. The van der Waals surface area contributed by atoms with E-state index >= 15 is 0 Å². The van der Waals surface area contributed by atoms with Gasteiger partial charge in [0.25, 0.3) is 10.0 Å². The lowest BCUT2D eigenvalue weighted by molar-refractivity contribution is -0.140. The summed E-state index contributed by atoms with van der Waals surface area (Å²) in [6.07, 6.45) is 1.93. The van der Waals surface area contributed by atoms with Crippen LogP contribution >= 0.6 is 11.6 Å². The predicted molar refractivity (Wildman–Crippen MR) is 183 cm³/mol. The number of nitrogens with zero attached hydrogens (tertiary/aromatic N) is 2. The van der Waals surface area contributed by atoms with E-state index in [1.807, 2.05) is 68.4 Å². The van der Waals surface area contributed by atoms with Crippen LogP contribution in [0.2, 0.25) is 5.02 Å². The highest BCUT2D eigenvalue weighted by Gasteiger charge is 2.34. The first-order valence-electron chi connectivity index (χ1n) is 15.2. The van der Waals surface area contributed by atoms with E-state index in [2.05, 4.69) is 5.32 Å². The van der Waals surface area contributed by atoms with Crippen molar-refractivity contribution in [2.24, 2.45) is 0 Å². The molecular weight excluding hydrogens is 622 g/mol. The average Bonchev–Trinajstić information content (AvgIpc) is 3.06. The number of hydrogen-bond acceptors (Lipinski definition) is 5. The molecule has 0 aliphatic rings. The van der Waals surface area contributed by atoms with Crippen molar-refractivity contribution in [3.05, 3.63) is 125 Å². The van der Waals surface area contributed by atoms with E-state index in [4.69, 9.17) is 16.3 Å². The molecule has 8 nitrogen and oxygen atoms in total. The lowest BCUT2D eigenvalue weighted by Crippen LogP contribution is -2.53. The zero-order valence-corrected chi connectivity index (χ0v) is 27.9. The molecule has 46 heavy (non-hydrogen) atoms. The maximum absolute atomic E-state index is 14.5. The molecule has 4 aromatic rings. The van der Waals surface area contributed by atoms with Crippen LogP contribution in [0.1, 0.15) is 36.5 Å². The zero-order valence-electron chi connectivity index (χ0n) is 26.4. The van der Waals surface area contributed by atoms with Crippen LogP contribution in [-0.4, -0.2) is 51.4 Å². The smallest absolute Gasteiger partial charge is 0.264 e. The summed E-state index contributed by atoms with van der Waals surface area (Å²) in [7, 11) is -2.77. The van der Waals surface area contributed by atoms with Crippen LogP contribution < -0.4 is 14.4 Å². The second-order valence-electron chi connectivity index (χ2n) is 11.0. The standard InChI is InChI=1S/C36H40ClN3O5S/c1-4-5-22-38-36(42)33(23-28-12-8-6-9-13-28)39(25-29-18-16-27(2)17-19-29)35(41)26-40(30-20-21-34(45-3)32(37)24-30)46(43,44)31-14-10-7-11-15-31/h6-21,24,33H,4-5,22-23,25-26H2,1-3H3,(H,38,42)/t33-/m0/s1. The molecule has 0 aliphatic heterocycles. The van der Waals surface area contributed by atoms with E-state index < -0.39 is 28.5 Å². The van der Waals surface area contributed by atoms with Crippen molar-refractivity contribution in [3.63, 3.8) is 0 Å². The fourth-order valence-electron chi connectivity index (χ4n) is 5.01. The highest BCUT2D eigenvalue weighted by Crippen LogP contribution is 2.32. The number of methoxy groups -OCH3 is 1. The molecule has 0 aromatic heterocycles. The van der Waals surface area contributed by atoms with Crippen molar-refractivity contribution >= 4 is 39.1 Å². The van der Waals surface area contributed by atoms with Gasteiger partial charge in [-0.15, -0.1) is 0 Å². The number of anilines is 1. The molecule has 0 saturated heterocycles. The van der Waals surface area contributed by atoms with Crippen molar-refractivity contribution in [3.8, 4) is 5.75 Å². The Balaban J connectivity index is 1.80. The monoisotopic (exact) mass is 661 g/mol. The summed E-state index contributed by atoms with van der Waals surface area (Å²) < 4.78 is 34.6. The number of aryl methyl sites for hydroxylation is 1. The van der Waals surface area contributed by atoms with Gasteiger partial charge in [-0.3, -0.25) is 13.9 Å². The summed E-state index contributed by atoms with van der Waals surface area (Å²) >= 11 is 6.44. The van der Waals surface area contributed by atoms with Crippen molar-refractivity contribution in [1.29, 1.82) is 0 Å². The second-order valence-corrected chi connectivity index (χ2v) is 13.3. The number of benzene rings is 4. The van der Waals surface area contributed by atoms with Gasteiger partial charge in [0.2, 0.25) is 11.8 Å². The van der Waals surface area contributed by atoms with E-state index in [0.29, 0.717) is 12.3 Å². The van der Waals surface area contributed by atoms with E-state index in [0.717, 1.165) is 33.8 Å². The minimum atomic E-state index is -4.23. The van der Waals surface area contributed by atoms with Gasteiger partial charge in [0.05, 0.1) is 22.7 Å². The molecule has 0 saturated carbocycles. The lowest BCUT2D eigenvalue weighted by Gasteiger charge is -2.34. The van der Waals surface area contributed by atoms with E-state index in [1.165, 1.54) is 30.2 Å². The molecule has 0 radical (unpaired) electrons. The van der Waals surface area contributed by atoms with Gasteiger partial charge in [0.1, 0.15) is 18.3 Å². The molecule has 0 unspecified atom stereocenters. The topological polar surface area (TPSA) is 96.0 Å².